The van der Waals surface area contributed by atoms with Gasteiger partial charge >= 0.3 is 0 Å². The van der Waals surface area contributed by atoms with Crippen molar-refractivity contribution < 1.29 is 4.92 Å². The van der Waals surface area contributed by atoms with Crippen molar-refractivity contribution in [3.63, 3.8) is 0 Å². The molecule has 1 aromatic carbocycles. The summed E-state index contributed by atoms with van der Waals surface area (Å²) in [6.45, 7) is 3.81. The van der Waals surface area contributed by atoms with E-state index in [9.17, 15) is 10.1 Å². The molecule has 3 rings (SSSR count). The molecule has 2 aromatic heterocycles. The van der Waals surface area contributed by atoms with Gasteiger partial charge in [0.15, 0.2) is 0 Å². The Kier molecular flexibility index (Phi) is 3.67. The molecule has 0 atom stereocenters. The van der Waals surface area contributed by atoms with Crippen LogP contribution in [0.4, 0.5) is 5.69 Å². The molecule has 0 saturated heterocycles. The van der Waals surface area contributed by atoms with Crippen LogP contribution in [0.3, 0.4) is 0 Å². The lowest BCUT2D eigenvalue weighted by Crippen LogP contribution is -2.06. The van der Waals surface area contributed by atoms with E-state index < -0.39 is 4.92 Å². The first-order valence-corrected chi connectivity index (χ1v) is 6.77. The first kappa shape index (κ1) is 14.6. The van der Waals surface area contributed by atoms with Crippen LogP contribution in [-0.2, 0) is 0 Å². The van der Waals surface area contributed by atoms with Gasteiger partial charge in [-0.05, 0) is 37.6 Å². The van der Waals surface area contributed by atoms with Crippen molar-refractivity contribution in [2.45, 2.75) is 13.8 Å². The van der Waals surface area contributed by atoms with Gasteiger partial charge in [0.2, 0.25) is 0 Å². The van der Waals surface area contributed by atoms with Gasteiger partial charge in [-0.1, -0.05) is 0 Å². The zero-order valence-electron chi connectivity index (χ0n) is 12.5. The van der Waals surface area contributed by atoms with Gasteiger partial charge in [-0.3, -0.25) is 10.1 Å². The van der Waals surface area contributed by atoms with E-state index in [-0.39, 0.29) is 5.69 Å². The molecular formula is C14H13N7O2. The molecule has 23 heavy (non-hydrogen) atoms. The first-order valence-electron chi connectivity index (χ1n) is 6.77. The average Bonchev–Trinajstić information content (AvgIpc) is 3.11. The molecule has 0 aliphatic rings. The maximum atomic E-state index is 10.6. The third kappa shape index (κ3) is 2.98. The molecule has 3 aromatic rings. The summed E-state index contributed by atoms with van der Waals surface area (Å²) in [7, 11) is 0. The molecule has 9 heteroatoms. The van der Waals surface area contributed by atoms with E-state index in [0.717, 1.165) is 17.0 Å². The molecule has 0 bridgehead atoms. The molecule has 0 unspecified atom stereocenters. The summed E-state index contributed by atoms with van der Waals surface area (Å²) in [6.07, 6.45) is 3.04. The number of hydrogen-bond acceptors (Lipinski definition) is 6. The number of nitro groups is 1. The Morgan fingerprint density at radius 3 is 2.61 bits per heavy atom. The summed E-state index contributed by atoms with van der Waals surface area (Å²) in [5, 5.41) is 27.1. The first-order chi connectivity index (χ1) is 11.0. The summed E-state index contributed by atoms with van der Waals surface area (Å²) < 4.78 is 3.14. The highest BCUT2D eigenvalue weighted by Gasteiger charge is 2.10. The van der Waals surface area contributed by atoms with Crippen LogP contribution in [0, 0.1) is 24.0 Å². The second kappa shape index (κ2) is 5.79. The lowest BCUT2D eigenvalue weighted by atomic mass is 10.2. The van der Waals surface area contributed by atoms with Crippen molar-refractivity contribution in [2.75, 3.05) is 0 Å². The third-order valence-electron chi connectivity index (χ3n) is 3.15. The van der Waals surface area contributed by atoms with Crippen molar-refractivity contribution in [3.05, 3.63) is 63.7 Å². The summed E-state index contributed by atoms with van der Waals surface area (Å²) >= 11 is 0. The molecule has 116 valence electrons. The van der Waals surface area contributed by atoms with Crippen LogP contribution in [0.25, 0.3) is 5.95 Å². The summed E-state index contributed by atoms with van der Waals surface area (Å²) in [6, 6.07) is 8.02. The van der Waals surface area contributed by atoms with E-state index in [1.807, 2.05) is 19.9 Å². The van der Waals surface area contributed by atoms with E-state index in [0.29, 0.717) is 5.95 Å². The Labute approximate surface area is 131 Å². The monoisotopic (exact) mass is 311 g/mol. The summed E-state index contributed by atoms with van der Waals surface area (Å²) in [5.74, 6) is 0.466. The maximum absolute atomic E-state index is 10.6. The van der Waals surface area contributed by atoms with Crippen LogP contribution >= 0.6 is 0 Å². The van der Waals surface area contributed by atoms with Crippen LogP contribution in [0.5, 0.6) is 0 Å². The van der Waals surface area contributed by atoms with Gasteiger partial charge in [0, 0.05) is 17.8 Å². The number of aryl methyl sites for hydroxylation is 2. The molecule has 0 spiro atoms. The molecule has 0 aliphatic heterocycles. The van der Waals surface area contributed by atoms with Gasteiger partial charge in [0.1, 0.15) is 6.33 Å². The topological polar surface area (TPSA) is 104 Å². The fraction of sp³-hybridized carbons (Fsp3) is 0.143. The Morgan fingerprint density at radius 1 is 1.26 bits per heavy atom. The standard InChI is InChI=1S/C14H13N7O2/c1-10-7-11(2)20(18-10)14-17-15-9-19(14)16-8-12-3-5-13(6-4-12)21(22)23/h3-9H,1-2H3/b16-8-. The number of rotatable bonds is 4. The quantitative estimate of drug-likeness (QED) is 0.415. The Morgan fingerprint density at radius 2 is 2.00 bits per heavy atom. The Balaban J connectivity index is 1.88. The second-order valence-corrected chi connectivity index (χ2v) is 4.91. The number of benzene rings is 1. The highest BCUT2D eigenvalue weighted by molar-refractivity contribution is 5.79. The lowest BCUT2D eigenvalue weighted by molar-refractivity contribution is -0.384. The number of nitro benzene ring substituents is 1. The van der Waals surface area contributed by atoms with E-state index in [1.165, 1.54) is 23.1 Å². The normalized spacial score (nSPS) is 11.2. The lowest BCUT2D eigenvalue weighted by Gasteiger charge is -2.02. The SMILES string of the molecule is Cc1cc(C)n(-c2nncn2/N=C\c2ccc([N+](=O)[O-])cc2)n1. The molecule has 0 fully saturated rings. The van der Waals surface area contributed by atoms with Crippen LogP contribution in [0.1, 0.15) is 17.0 Å². The van der Waals surface area contributed by atoms with Crippen LogP contribution in [0.15, 0.2) is 41.8 Å². The Bertz CT molecular complexity index is 877. The van der Waals surface area contributed by atoms with Crippen LogP contribution in [0.2, 0.25) is 0 Å². The van der Waals surface area contributed by atoms with E-state index in [2.05, 4.69) is 20.4 Å². The number of aromatic nitrogens is 5. The predicted molar refractivity (Wildman–Crippen MR) is 82.7 cm³/mol. The molecule has 0 amide bonds. The van der Waals surface area contributed by atoms with Gasteiger partial charge in [0.25, 0.3) is 11.6 Å². The highest BCUT2D eigenvalue weighted by atomic mass is 16.6. The second-order valence-electron chi connectivity index (χ2n) is 4.91. The van der Waals surface area contributed by atoms with E-state index >= 15 is 0 Å². The minimum atomic E-state index is -0.443. The fourth-order valence-electron chi connectivity index (χ4n) is 2.09. The van der Waals surface area contributed by atoms with Crippen molar-refractivity contribution >= 4 is 11.9 Å². The molecule has 0 radical (unpaired) electrons. The van der Waals surface area contributed by atoms with Gasteiger partial charge in [-0.25, -0.2) is 4.68 Å². The average molecular weight is 311 g/mol. The van der Waals surface area contributed by atoms with Crippen molar-refractivity contribution in [1.29, 1.82) is 0 Å². The molecule has 0 aliphatic carbocycles. The molecular weight excluding hydrogens is 298 g/mol. The van der Waals surface area contributed by atoms with E-state index in [4.69, 9.17) is 0 Å². The minimum Gasteiger partial charge on any atom is -0.258 e. The van der Waals surface area contributed by atoms with Gasteiger partial charge < -0.3 is 0 Å². The number of hydrogen-bond donors (Lipinski definition) is 0. The highest BCUT2D eigenvalue weighted by Crippen LogP contribution is 2.12. The van der Waals surface area contributed by atoms with Crippen LogP contribution in [-0.4, -0.2) is 35.8 Å². The van der Waals surface area contributed by atoms with Gasteiger partial charge in [-0.2, -0.15) is 14.9 Å². The van der Waals surface area contributed by atoms with Crippen molar-refractivity contribution in [2.24, 2.45) is 5.10 Å². The number of non-ortho nitro benzene ring substituents is 1. The summed E-state index contributed by atoms with van der Waals surface area (Å²) in [5.41, 5.74) is 2.55. The smallest absolute Gasteiger partial charge is 0.258 e. The molecule has 9 nitrogen and oxygen atoms in total. The molecule has 0 saturated carbocycles. The Hall–Kier alpha value is -3.36. The number of nitrogens with zero attached hydrogens (tertiary/aromatic N) is 7. The zero-order chi connectivity index (χ0) is 16.4. The minimum absolute atomic E-state index is 0.0368. The zero-order valence-corrected chi connectivity index (χ0v) is 12.5. The van der Waals surface area contributed by atoms with Crippen molar-refractivity contribution in [3.8, 4) is 5.95 Å². The summed E-state index contributed by atoms with van der Waals surface area (Å²) in [4.78, 5) is 10.2. The third-order valence-corrected chi connectivity index (χ3v) is 3.15. The molecule has 0 N–H and O–H groups in total. The van der Waals surface area contributed by atoms with Crippen molar-refractivity contribution in [1.82, 2.24) is 24.7 Å². The van der Waals surface area contributed by atoms with Gasteiger partial charge in [0.05, 0.1) is 16.8 Å². The largest absolute Gasteiger partial charge is 0.273 e. The van der Waals surface area contributed by atoms with Crippen LogP contribution < -0.4 is 0 Å². The fourth-order valence-corrected chi connectivity index (χ4v) is 2.09. The molecule has 2 heterocycles. The van der Waals surface area contributed by atoms with Gasteiger partial charge in [-0.15, -0.1) is 10.2 Å². The maximum Gasteiger partial charge on any atom is 0.273 e. The predicted octanol–water partition coefficient (Wildman–Crippen LogP) is 1.87. The van der Waals surface area contributed by atoms with E-state index in [1.54, 1.807) is 23.0 Å².